The first-order valence-corrected chi connectivity index (χ1v) is 9.93. The van der Waals surface area contributed by atoms with Crippen molar-refractivity contribution in [3.8, 4) is 6.07 Å². The second-order valence-corrected chi connectivity index (χ2v) is 7.27. The molecule has 0 aliphatic rings. The summed E-state index contributed by atoms with van der Waals surface area (Å²) in [7, 11) is 0. The molecule has 28 heavy (non-hydrogen) atoms. The smallest absolute Gasteiger partial charge is 0.338 e. The van der Waals surface area contributed by atoms with Crippen molar-refractivity contribution in [2.75, 3.05) is 17.7 Å². The highest BCUT2D eigenvalue weighted by Crippen LogP contribution is 2.26. The van der Waals surface area contributed by atoms with Crippen molar-refractivity contribution >= 4 is 29.3 Å². The molecule has 7 heteroatoms. The van der Waals surface area contributed by atoms with Gasteiger partial charge in [-0.25, -0.2) is 9.78 Å². The van der Waals surface area contributed by atoms with E-state index in [-0.39, 0.29) is 18.3 Å². The monoisotopic (exact) mass is 397 g/mol. The van der Waals surface area contributed by atoms with E-state index in [4.69, 9.17) is 4.74 Å². The van der Waals surface area contributed by atoms with Gasteiger partial charge in [0.2, 0.25) is 5.91 Å². The maximum absolute atomic E-state index is 12.2. The summed E-state index contributed by atoms with van der Waals surface area (Å²) in [6.45, 7) is 7.85. The lowest BCUT2D eigenvalue weighted by Crippen LogP contribution is -2.12. The molecule has 1 N–H and O–H groups in total. The number of benzene rings is 1. The van der Waals surface area contributed by atoms with Crippen LogP contribution in [-0.2, 0) is 9.53 Å². The van der Waals surface area contributed by atoms with Crippen LogP contribution in [0.5, 0.6) is 0 Å². The van der Waals surface area contributed by atoms with Gasteiger partial charge in [0.25, 0.3) is 0 Å². The number of carbonyl (C=O) groups excluding carboxylic acids is 2. The van der Waals surface area contributed by atoms with E-state index in [0.29, 0.717) is 34.2 Å². The van der Waals surface area contributed by atoms with Gasteiger partial charge in [-0.15, -0.1) is 11.8 Å². The molecule has 0 aliphatic heterocycles. The molecule has 0 radical (unpaired) electrons. The van der Waals surface area contributed by atoms with E-state index in [0.717, 1.165) is 16.8 Å². The molecule has 0 fully saturated rings. The van der Waals surface area contributed by atoms with Crippen LogP contribution in [-0.4, -0.2) is 29.2 Å². The van der Waals surface area contributed by atoms with E-state index in [1.807, 2.05) is 20.8 Å². The number of hydrogen-bond donors (Lipinski definition) is 1. The Morgan fingerprint density at radius 3 is 2.46 bits per heavy atom. The van der Waals surface area contributed by atoms with Crippen LogP contribution in [0.3, 0.4) is 0 Å². The van der Waals surface area contributed by atoms with Gasteiger partial charge in [-0.05, 0) is 63.1 Å². The molecule has 1 amide bonds. The molecule has 0 atom stereocenters. The summed E-state index contributed by atoms with van der Waals surface area (Å²) in [4.78, 5) is 28.3. The molecule has 1 aromatic carbocycles. The second kappa shape index (κ2) is 9.90. The predicted octanol–water partition coefficient (Wildman–Crippen LogP) is 4.18. The molecular weight excluding hydrogens is 374 g/mol. The van der Waals surface area contributed by atoms with Crippen molar-refractivity contribution in [1.29, 1.82) is 5.26 Å². The minimum atomic E-state index is -0.388. The summed E-state index contributed by atoms with van der Waals surface area (Å²) in [6.07, 6.45) is 0.281. The van der Waals surface area contributed by atoms with E-state index >= 15 is 0 Å². The molecule has 0 saturated carbocycles. The fourth-order valence-corrected chi connectivity index (χ4v) is 3.54. The molecule has 2 aromatic rings. The Balaban J connectivity index is 1.92. The van der Waals surface area contributed by atoms with Gasteiger partial charge in [-0.1, -0.05) is 0 Å². The van der Waals surface area contributed by atoms with Crippen molar-refractivity contribution in [3.05, 3.63) is 52.2 Å². The summed E-state index contributed by atoms with van der Waals surface area (Å²) < 4.78 is 4.93. The highest BCUT2D eigenvalue weighted by molar-refractivity contribution is 7.99. The Bertz CT molecular complexity index is 918. The van der Waals surface area contributed by atoms with Crippen molar-refractivity contribution < 1.29 is 14.3 Å². The highest BCUT2D eigenvalue weighted by atomic mass is 32.2. The Kier molecular flexibility index (Phi) is 7.59. The van der Waals surface area contributed by atoms with Gasteiger partial charge in [-0.2, -0.15) is 5.26 Å². The highest BCUT2D eigenvalue weighted by Gasteiger charge is 2.13. The van der Waals surface area contributed by atoms with Gasteiger partial charge in [0.15, 0.2) is 0 Å². The minimum Gasteiger partial charge on any atom is -0.462 e. The van der Waals surface area contributed by atoms with Crippen molar-refractivity contribution in [1.82, 2.24) is 4.98 Å². The van der Waals surface area contributed by atoms with Crippen LogP contribution >= 0.6 is 11.8 Å². The molecule has 146 valence electrons. The summed E-state index contributed by atoms with van der Waals surface area (Å²) in [6, 6.07) is 8.77. The zero-order chi connectivity index (χ0) is 20.7. The van der Waals surface area contributed by atoms with E-state index < -0.39 is 0 Å². The van der Waals surface area contributed by atoms with E-state index in [2.05, 4.69) is 16.4 Å². The number of esters is 1. The SMILES string of the molecule is CCOC(=O)c1ccc(NC(=O)CCSc2nc(C)c(C)c(C)c2C#N)cc1. The quantitative estimate of drug-likeness (QED) is 0.557. The first-order chi connectivity index (χ1) is 13.4. The lowest BCUT2D eigenvalue weighted by atomic mass is 10.1. The lowest BCUT2D eigenvalue weighted by molar-refractivity contribution is -0.115. The maximum Gasteiger partial charge on any atom is 0.338 e. The van der Waals surface area contributed by atoms with Gasteiger partial charge in [-0.3, -0.25) is 4.79 Å². The summed E-state index contributed by atoms with van der Waals surface area (Å²) >= 11 is 1.40. The number of hydrogen-bond acceptors (Lipinski definition) is 6. The van der Waals surface area contributed by atoms with Gasteiger partial charge in [0.1, 0.15) is 11.1 Å². The number of nitrogens with one attached hydrogen (secondary N) is 1. The molecule has 2 rings (SSSR count). The zero-order valence-corrected chi connectivity index (χ0v) is 17.3. The van der Waals surface area contributed by atoms with E-state index in [9.17, 15) is 14.9 Å². The lowest BCUT2D eigenvalue weighted by Gasteiger charge is -2.11. The number of amides is 1. The molecule has 6 nitrogen and oxygen atoms in total. The number of aryl methyl sites for hydroxylation is 1. The van der Waals surface area contributed by atoms with Crippen LogP contribution in [0.2, 0.25) is 0 Å². The van der Waals surface area contributed by atoms with Gasteiger partial charge >= 0.3 is 5.97 Å². The first-order valence-electron chi connectivity index (χ1n) is 8.95. The molecule has 0 spiro atoms. The van der Waals surface area contributed by atoms with Gasteiger partial charge in [0.05, 0.1) is 17.7 Å². The third kappa shape index (κ3) is 5.33. The van der Waals surface area contributed by atoms with Crippen molar-refractivity contribution in [3.63, 3.8) is 0 Å². The molecule has 1 heterocycles. The van der Waals surface area contributed by atoms with Crippen molar-refractivity contribution in [2.45, 2.75) is 39.1 Å². The molecular formula is C21H23N3O3S. The average Bonchev–Trinajstić information content (AvgIpc) is 2.67. The minimum absolute atomic E-state index is 0.143. The summed E-state index contributed by atoms with van der Waals surface area (Å²) in [5.74, 6) is -0.0205. The van der Waals surface area contributed by atoms with Gasteiger partial charge in [0, 0.05) is 23.6 Å². The Hall–Kier alpha value is -2.85. The molecule has 0 bridgehead atoms. The number of nitriles is 1. The topological polar surface area (TPSA) is 92.1 Å². The van der Waals surface area contributed by atoms with Crippen LogP contribution in [0.25, 0.3) is 0 Å². The standard InChI is InChI=1S/C21H23N3O3S/c1-5-27-21(26)16-6-8-17(9-7-16)24-19(25)10-11-28-20-18(12-22)14(3)13(2)15(4)23-20/h6-9H,5,10-11H2,1-4H3,(H,24,25). The number of nitrogens with zero attached hydrogens (tertiary/aromatic N) is 2. The molecule has 0 aliphatic carbocycles. The van der Waals surface area contributed by atoms with E-state index in [1.54, 1.807) is 31.2 Å². The Labute approximate surface area is 169 Å². The molecule has 0 saturated heterocycles. The average molecular weight is 398 g/mol. The number of carbonyl (C=O) groups is 2. The second-order valence-electron chi connectivity index (χ2n) is 6.18. The number of anilines is 1. The molecule has 1 aromatic heterocycles. The number of pyridine rings is 1. The number of aromatic nitrogens is 1. The van der Waals surface area contributed by atoms with Crippen molar-refractivity contribution in [2.24, 2.45) is 0 Å². The molecule has 0 unspecified atom stereocenters. The van der Waals surface area contributed by atoms with Crippen LogP contribution < -0.4 is 5.32 Å². The summed E-state index contributed by atoms with van der Waals surface area (Å²) in [5.41, 5.74) is 4.47. The van der Waals surface area contributed by atoms with Gasteiger partial charge < -0.3 is 10.1 Å². The summed E-state index contributed by atoms with van der Waals surface area (Å²) in [5, 5.41) is 12.9. The fraction of sp³-hybridized carbons (Fsp3) is 0.333. The first kappa shape index (κ1) is 21.5. The van der Waals surface area contributed by atoms with Crippen LogP contribution in [0, 0.1) is 32.1 Å². The zero-order valence-electron chi connectivity index (χ0n) is 16.5. The normalized spacial score (nSPS) is 10.2. The van der Waals surface area contributed by atoms with Crippen LogP contribution in [0.15, 0.2) is 29.3 Å². The number of rotatable bonds is 7. The Morgan fingerprint density at radius 1 is 1.18 bits per heavy atom. The maximum atomic E-state index is 12.2. The fourth-order valence-electron chi connectivity index (χ4n) is 2.52. The van der Waals surface area contributed by atoms with E-state index in [1.165, 1.54) is 11.8 Å². The third-order valence-corrected chi connectivity index (χ3v) is 5.30. The van der Waals surface area contributed by atoms with Crippen LogP contribution in [0.4, 0.5) is 5.69 Å². The predicted molar refractivity (Wildman–Crippen MR) is 110 cm³/mol. The number of thioether (sulfide) groups is 1. The third-order valence-electron chi connectivity index (χ3n) is 4.32. The Morgan fingerprint density at radius 2 is 1.86 bits per heavy atom. The van der Waals surface area contributed by atoms with Crippen LogP contribution in [0.1, 0.15) is 46.1 Å². The largest absolute Gasteiger partial charge is 0.462 e. The number of ether oxygens (including phenoxy) is 1.